The molecule has 0 unspecified atom stereocenters. The molecule has 2 aromatic rings. The van der Waals surface area contributed by atoms with Crippen molar-refractivity contribution in [1.29, 1.82) is 0 Å². The lowest BCUT2D eigenvalue weighted by Gasteiger charge is -2.17. The fourth-order valence-corrected chi connectivity index (χ4v) is 1.60. The van der Waals surface area contributed by atoms with Crippen LogP contribution in [0.1, 0.15) is 16.1 Å². The quantitative estimate of drug-likeness (QED) is 0.775. The van der Waals surface area contributed by atoms with Crippen molar-refractivity contribution in [3.8, 4) is 0 Å². The summed E-state index contributed by atoms with van der Waals surface area (Å²) < 4.78 is 0. The van der Waals surface area contributed by atoms with Crippen molar-refractivity contribution < 1.29 is 14.7 Å². The monoisotopic (exact) mass is 275 g/mol. The average molecular weight is 275 g/mol. The summed E-state index contributed by atoms with van der Waals surface area (Å²) in [5.74, 6) is -1.20. The van der Waals surface area contributed by atoms with E-state index in [1.807, 2.05) is 0 Å². The predicted molar refractivity (Wildman–Crippen MR) is 70.3 cm³/mol. The van der Waals surface area contributed by atoms with Crippen LogP contribution >= 0.6 is 0 Å². The van der Waals surface area contributed by atoms with Crippen LogP contribution in [-0.2, 0) is 6.54 Å². The van der Waals surface area contributed by atoms with Crippen LogP contribution in [0.5, 0.6) is 0 Å². The van der Waals surface area contributed by atoms with E-state index in [1.54, 1.807) is 25.5 Å². The van der Waals surface area contributed by atoms with Crippen LogP contribution in [0, 0.1) is 0 Å². The number of carbonyl (C=O) groups excluding carboxylic acids is 1. The molecule has 8 heteroatoms. The molecular formula is C12H13N5O3. The third-order valence-corrected chi connectivity index (χ3v) is 2.57. The Kier molecular flexibility index (Phi) is 3.94. The normalized spacial score (nSPS) is 10.1. The average Bonchev–Trinajstić information content (AvgIpc) is 2.91. The highest BCUT2D eigenvalue weighted by Gasteiger charge is 2.15. The number of aromatic amines is 1. The number of nitrogens with one attached hydrogen (secondary N) is 2. The number of H-pyrrole nitrogens is 1. The molecule has 2 amide bonds. The van der Waals surface area contributed by atoms with E-state index in [2.05, 4.69) is 20.5 Å². The van der Waals surface area contributed by atoms with Crippen LogP contribution in [0.3, 0.4) is 0 Å². The first-order chi connectivity index (χ1) is 9.58. The number of carboxylic acids is 1. The van der Waals surface area contributed by atoms with Gasteiger partial charge in [-0.3, -0.25) is 5.10 Å². The molecule has 0 fully saturated rings. The van der Waals surface area contributed by atoms with Gasteiger partial charge < -0.3 is 15.3 Å². The minimum absolute atomic E-state index is 0.157. The number of amides is 2. The van der Waals surface area contributed by atoms with Gasteiger partial charge in [-0.05, 0) is 12.1 Å². The Morgan fingerprint density at radius 2 is 2.30 bits per heavy atom. The van der Waals surface area contributed by atoms with Crippen molar-refractivity contribution in [2.75, 3.05) is 12.4 Å². The molecule has 0 atom stereocenters. The second-order valence-electron chi connectivity index (χ2n) is 4.10. The van der Waals surface area contributed by atoms with Crippen molar-refractivity contribution >= 4 is 17.7 Å². The number of carbonyl (C=O) groups is 2. The van der Waals surface area contributed by atoms with Crippen LogP contribution in [0.2, 0.25) is 0 Å². The summed E-state index contributed by atoms with van der Waals surface area (Å²) in [6, 6.07) is 2.61. The van der Waals surface area contributed by atoms with Crippen molar-refractivity contribution in [3.05, 3.63) is 42.0 Å². The van der Waals surface area contributed by atoms with Crippen molar-refractivity contribution in [3.63, 3.8) is 0 Å². The fraction of sp³-hybridized carbons (Fsp3) is 0.167. The molecule has 20 heavy (non-hydrogen) atoms. The minimum atomic E-state index is -1.20. The van der Waals surface area contributed by atoms with E-state index in [1.165, 1.54) is 17.2 Å². The Morgan fingerprint density at radius 1 is 1.50 bits per heavy atom. The van der Waals surface area contributed by atoms with Crippen molar-refractivity contribution in [2.24, 2.45) is 0 Å². The Balaban J connectivity index is 2.06. The molecule has 2 rings (SSSR count). The molecule has 0 bridgehead atoms. The zero-order valence-corrected chi connectivity index (χ0v) is 10.7. The van der Waals surface area contributed by atoms with Gasteiger partial charge in [0.1, 0.15) is 0 Å². The van der Waals surface area contributed by atoms with Gasteiger partial charge in [-0.2, -0.15) is 5.10 Å². The maximum Gasteiger partial charge on any atom is 0.356 e. The summed E-state index contributed by atoms with van der Waals surface area (Å²) in [5, 5.41) is 17.9. The summed E-state index contributed by atoms with van der Waals surface area (Å²) in [4.78, 5) is 28.1. The molecule has 0 aliphatic carbocycles. The van der Waals surface area contributed by atoms with E-state index >= 15 is 0 Å². The lowest BCUT2D eigenvalue weighted by Crippen LogP contribution is -2.31. The zero-order valence-electron chi connectivity index (χ0n) is 10.7. The van der Waals surface area contributed by atoms with Crippen molar-refractivity contribution in [2.45, 2.75) is 6.54 Å². The molecule has 0 saturated carbocycles. The zero-order chi connectivity index (χ0) is 14.5. The highest BCUT2D eigenvalue weighted by atomic mass is 16.4. The van der Waals surface area contributed by atoms with Gasteiger partial charge in [0.2, 0.25) is 0 Å². The van der Waals surface area contributed by atoms with E-state index in [0.717, 1.165) is 5.56 Å². The summed E-state index contributed by atoms with van der Waals surface area (Å²) in [6.07, 6.45) is 4.64. The molecule has 0 saturated heterocycles. The fourth-order valence-electron chi connectivity index (χ4n) is 1.60. The van der Waals surface area contributed by atoms with Gasteiger partial charge >= 0.3 is 12.0 Å². The SMILES string of the molecule is CN(Cc1cn[nH]c1)C(=O)Nc1cccnc1C(=O)O. The van der Waals surface area contributed by atoms with E-state index < -0.39 is 12.0 Å². The second-order valence-corrected chi connectivity index (χ2v) is 4.10. The van der Waals surface area contributed by atoms with Crippen LogP contribution in [0.4, 0.5) is 10.5 Å². The first-order valence-electron chi connectivity index (χ1n) is 5.76. The number of urea groups is 1. The molecule has 0 spiro atoms. The standard InChI is InChI=1S/C12H13N5O3/c1-17(7-8-5-14-15-6-8)12(20)16-9-3-2-4-13-10(9)11(18)19/h2-6H,7H2,1H3,(H,14,15)(H,16,20)(H,18,19). The lowest BCUT2D eigenvalue weighted by atomic mass is 10.3. The van der Waals surface area contributed by atoms with Gasteiger partial charge in [-0.15, -0.1) is 0 Å². The number of rotatable bonds is 4. The molecule has 0 aromatic carbocycles. The van der Waals surface area contributed by atoms with Crippen LogP contribution in [0.25, 0.3) is 0 Å². The van der Waals surface area contributed by atoms with Crippen LogP contribution in [0.15, 0.2) is 30.7 Å². The van der Waals surface area contributed by atoms with E-state index in [9.17, 15) is 9.59 Å². The number of aromatic carboxylic acids is 1. The van der Waals surface area contributed by atoms with E-state index in [-0.39, 0.29) is 11.4 Å². The topological polar surface area (TPSA) is 111 Å². The second kappa shape index (κ2) is 5.83. The highest BCUT2D eigenvalue weighted by Crippen LogP contribution is 2.13. The molecule has 104 valence electrons. The Morgan fingerprint density at radius 3 is 2.95 bits per heavy atom. The number of hydrogen-bond acceptors (Lipinski definition) is 4. The van der Waals surface area contributed by atoms with Crippen molar-refractivity contribution in [1.82, 2.24) is 20.1 Å². The molecule has 3 N–H and O–H groups in total. The number of anilines is 1. The highest BCUT2D eigenvalue weighted by molar-refractivity contribution is 5.98. The van der Waals surface area contributed by atoms with Gasteiger partial charge in [0.05, 0.1) is 18.4 Å². The first kappa shape index (κ1) is 13.5. The predicted octanol–water partition coefficient (Wildman–Crippen LogP) is 1.17. The third-order valence-electron chi connectivity index (χ3n) is 2.57. The minimum Gasteiger partial charge on any atom is -0.476 e. The molecule has 2 aromatic heterocycles. The first-order valence-corrected chi connectivity index (χ1v) is 5.76. The lowest BCUT2D eigenvalue weighted by molar-refractivity contribution is 0.0691. The van der Waals surface area contributed by atoms with Gasteiger partial charge in [-0.1, -0.05) is 0 Å². The summed E-state index contributed by atoms with van der Waals surface area (Å²) in [7, 11) is 1.60. The van der Waals surface area contributed by atoms with Gasteiger partial charge in [-0.25, -0.2) is 14.6 Å². The summed E-state index contributed by atoms with van der Waals surface area (Å²) in [5.41, 5.74) is 0.800. The van der Waals surface area contributed by atoms with Crippen LogP contribution in [-0.4, -0.2) is 44.2 Å². The maximum atomic E-state index is 12.0. The summed E-state index contributed by atoms with van der Waals surface area (Å²) in [6.45, 7) is 0.352. The Bertz CT molecular complexity index is 611. The summed E-state index contributed by atoms with van der Waals surface area (Å²) >= 11 is 0. The van der Waals surface area contributed by atoms with Crippen LogP contribution < -0.4 is 5.32 Å². The molecule has 8 nitrogen and oxygen atoms in total. The molecule has 0 aliphatic heterocycles. The number of hydrogen-bond donors (Lipinski definition) is 3. The number of nitrogens with zero attached hydrogens (tertiary/aromatic N) is 3. The molecular weight excluding hydrogens is 262 g/mol. The number of aromatic nitrogens is 3. The van der Waals surface area contributed by atoms with Gasteiger partial charge in [0.15, 0.2) is 5.69 Å². The van der Waals surface area contributed by atoms with E-state index in [0.29, 0.717) is 6.54 Å². The smallest absolute Gasteiger partial charge is 0.356 e. The molecule has 0 radical (unpaired) electrons. The maximum absolute atomic E-state index is 12.0. The third kappa shape index (κ3) is 3.10. The van der Waals surface area contributed by atoms with Gasteiger partial charge in [0.25, 0.3) is 0 Å². The molecule has 0 aliphatic rings. The Hall–Kier alpha value is -2.90. The number of pyridine rings is 1. The Labute approximate surface area is 114 Å². The molecule has 2 heterocycles. The number of carboxylic acid groups (broad SMARTS) is 1. The van der Waals surface area contributed by atoms with Gasteiger partial charge in [0, 0.05) is 25.0 Å². The van der Waals surface area contributed by atoms with E-state index in [4.69, 9.17) is 5.11 Å². The largest absolute Gasteiger partial charge is 0.476 e.